The molecule has 1 heterocycles. The molecule has 0 saturated heterocycles. The lowest BCUT2D eigenvalue weighted by atomic mass is 10.1. The van der Waals surface area contributed by atoms with Gasteiger partial charge in [0, 0.05) is 6.42 Å². The van der Waals surface area contributed by atoms with Crippen molar-refractivity contribution in [2.24, 2.45) is 0 Å². The Hall–Kier alpha value is -0.850. The fraction of sp³-hybridized carbons (Fsp3) is 0.273. The Balaban J connectivity index is 2.22. The Morgan fingerprint density at radius 2 is 2.29 bits per heavy atom. The van der Waals surface area contributed by atoms with Crippen LogP contribution in [0, 0.1) is 12.7 Å². The SMILES string of the molecule is Cc1nnsc1C(O)Cc1cccc(F)c1Br. The van der Waals surface area contributed by atoms with Gasteiger partial charge in [0.2, 0.25) is 0 Å². The number of nitrogens with zero attached hydrogens (tertiary/aromatic N) is 2. The average Bonchev–Trinajstić information content (AvgIpc) is 2.71. The van der Waals surface area contributed by atoms with E-state index in [4.69, 9.17) is 0 Å². The maximum Gasteiger partial charge on any atom is 0.137 e. The van der Waals surface area contributed by atoms with Crippen LogP contribution in [0.25, 0.3) is 0 Å². The first kappa shape index (κ1) is 12.6. The summed E-state index contributed by atoms with van der Waals surface area (Å²) < 4.78 is 17.5. The molecule has 2 aromatic rings. The van der Waals surface area contributed by atoms with E-state index >= 15 is 0 Å². The lowest BCUT2D eigenvalue weighted by Gasteiger charge is -2.10. The van der Waals surface area contributed by atoms with Crippen LogP contribution in [-0.4, -0.2) is 14.7 Å². The first-order valence-electron chi connectivity index (χ1n) is 4.99. The Morgan fingerprint density at radius 1 is 1.53 bits per heavy atom. The van der Waals surface area contributed by atoms with Gasteiger partial charge in [0.15, 0.2) is 0 Å². The monoisotopic (exact) mass is 316 g/mol. The maximum atomic E-state index is 13.3. The second kappa shape index (κ2) is 5.20. The van der Waals surface area contributed by atoms with Crippen LogP contribution in [0.2, 0.25) is 0 Å². The van der Waals surface area contributed by atoms with Gasteiger partial charge in [0.1, 0.15) is 5.82 Å². The molecule has 0 aliphatic carbocycles. The molecular formula is C11H10BrFN2OS. The molecular weight excluding hydrogens is 307 g/mol. The molecule has 0 aliphatic heterocycles. The van der Waals surface area contributed by atoms with Crippen molar-refractivity contribution in [2.45, 2.75) is 19.4 Å². The van der Waals surface area contributed by atoms with Gasteiger partial charge in [0.05, 0.1) is 21.1 Å². The number of rotatable bonds is 3. The van der Waals surface area contributed by atoms with Crippen molar-refractivity contribution >= 4 is 27.5 Å². The molecule has 1 unspecified atom stereocenters. The van der Waals surface area contributed by atoms with Gasteiger partial charge in [-0.25, -0.2) is 4.39 Å². The quantitative estimate of drug-likeness (QED) is 0.946. The standard InChI is InChI=1S/C11H10BrFN2OS/c1-6-11(17-15-14-6)9(16)5-7-3-2-4-8(13)10(7)12/h2-4,9,16H,5H2,1H3. The van der Waals surface area contributed by atoms with E-state index in [-0.39, 0.29) is 5.82 Å². The van der Waals surface area contributed by atoms with Crippen molar-refractivity contribution < 1.29 is 9.50 Å². The smallest absolute Gasteiger partial charge is 0.137 e. The molecule has 3 nitrogen and oxygen atoms in total. The van der Waals surface area contributed by atoms with Gasteiger partial charge in [-0.15, -0.1) is 5.10 Å². The molecule has 0 fully saturated rings. The van der Waals surface area contributed by atoms with Gasteiger partial charge in [-0.05, 0) is 46.0 Å². The van der Waals surface area contributed by atoms with E-state index < -0.39 is 6.10 Å². The molecule has 17 heavy (non-hydrogen) atoms. The van der Waals surface area contributed by atoms with Gasteiger partial charge in [-0.3, -0.25) is 0 Å². The number of hydrogen-bond acceptors (Lipinski definition) is 4. The van der Waals surface area contributed by atoms with Crippen molar-refractivity contribution in [2.75, 3.05) is 0 Å². The predicted molar refractivity (Wildman–Crippen MR) is 67.4 cm³/mol. The third-order valence-electron chi connectivity index (χ3n) is 2.43. The van der Waals surface area contributed by atoms with Gasteiger partial charge in [-0.1, -0.05) is 16.6 Å². The summed E-state index contributed by atoms with van der Waals surface area (Å²) in [6.45, 7) is 1.79. The number of aryl methyl sites for hydroxylation is 1. The number of hydrogen-bond donors (Lipinski definition) is 1. The van der Waals surface area contributed by atoms with E-state index in [1.165, 1.54) is 17.6 Å². The Labute approximate surface area is 111 Å². The molecule has 0 spiro atoms. The highest BCUT2D eigenvalue weighted by Gasteiger charge is 2.17. The van der Waals surface area contributed by atoms with E-state index in [0.717, 1.165) is 16.1 Å². The molecule has 0 amide bonds. The molecule has 1 aromatic heterocycles. The van der Waals surface area contributed by atoms with Crippen LogP contribution in [0.3, 0.4) is 0 Å². The molecule has 1 atom stereocenters. The van der Waals surface area contributed by atoms with Crippen LogP contribution >= 0.6 is 27.5 Å². The number of benzene rings is 1. The van der Waals surface area contributed by atoms with Gasteiger partial charge >= 0.3 is 0 Å². The third-order valence-corrected chi connectivity index (χ3v) is 4.25. The summed E-state index contributed by atoms with van der Waals surface area (Å²) in [7, 11) is 0. The topological polar surface area (TPSA) is 46.0 Å². The van der Waals surface area contributed by atoms with Crippen LogP contribution in [0.5, 0.6) is 0 Å². The largest absolute Gasteiger partial charge is 0.387 e. The zero-order valence-electron chi connectivity index (χ0n) is 9.02. The summed E-state index contributed by atoms with van der Waals surface area (Å²) in [5, 5.41) is 13.9. The summed E-state index contributed by atoms with van der Waals surface area (Å²) in [6.07, 6.45) is -0.364. The number of halogens is 2. The van der Waals surface area contributed by atoms with E-state index in [0.29, 0.717) is 10.9 Å². The van der Waals surface area contributed by atoms with Crippen LogP contribution in [0.4, 0.5) is 4.39 Å². The summed E-state index contributed by atoms with van der Waals surface area (Å²) in [5.74, 6) is -0.325. The van der Waals surface area contributed by atoms with Crippen molar-refractivity contribution in [1.29, 1.82) is 0 Å². The fourth-order valence-corrected chi connectivity index (χ4v) is 2.61. The molecule has 0 saturated carbocycles. The molecule has 1 N–H and O–H groups in total. The van der Waals surface area contributed by atoms with Gasteiger partial charge < -0.3 is 5.11 Å². The maximum absolute atomic E-state index is 13.3. The van der Waals surface area contributed by atoms with Crippen molar-refractivity contribution in [3.8, 4) is 0 Å². The van der Waals surface area contributed by atoms with Crippen molar-refractivity contribution in [3.63, 3.8) is 0 Å². The van der Waals surface area contributed by atoms with Crippen LogP contribution in [0.1, 0.15) is 22.2 Å². The highest BCUT2D eigenvalue weighted by atomic mass is 79.9. The lowest BCUT2D eigenvalue weighted by molar-refractivity contribution is 0.181. The van der Waals surface area contributed by atoms with E-state index in [1.54, 1.807) is 19.1 Å². The molecule has 0 bridgehead atoms. The number of aliphatic hydroxyl groups excluding tert-OH is 1. The second-order valence-electron chi connectivity index (χ2n) is 3.66. The molecule has 0 radical (unpaired) electrons. The fourth-order valence-electron chi connectivity index (χ4n) is 1.55. The van der Waals surface area contributed by atoms with E-state index in [2.05, 4.69) is 25.5 Å². The zero-order chi connectivity index (χ0) is 12.4. The minimum absolute atomic E-state index is 0.325. The Kier molecular flexibility index (Phi) is 3.86. The van der Waals surface area contributed by atoms with Crippen LogP contribution in [-0.2, 0) is 6.42 Å². The predicted octanol–water partition coefficient (Wildman–Crippen LogP) is 3.02. The summed E-state index contributed by atoms with van der Waals surface area (Å²) >= 11 is 4.34. The van der Waals surface area contributed by atoms with Crippen LogP contribution in [0.15, 0.2) is 22.7 Å². The van der Waals surface area contributed by atoms with Crippen LogP contribution < -0.4 is 0 Å². The molecule has 0 aliphatic rings. The minimum Gasteiger partial charge on any atom is -0.387 e. The summed E-state index contributed by atoms with van der Waals surface area (Å²) in [4.78, 5) is 0.723. The number of aliphatic hydroxyl groups is 1. The molecule has 90 valence electrons. The van der Waals surface area contributed by atoms with E-state index in [9.17, 15) is 9.50 Å². The highest BCUT2D eigenvalue weighted by molar-refractivity contribution is 9.10. The minimum atomic E-state index is -0.701. The first-order valence-corrected chi connectivity index (χ1v) is 6.56. The molecule has 2 rings (SSSR count). The number of aromatic nitrogens is 2. The highest BCUT2D eigenvalue weighted by Crippen LogP contribution is 2.28. The Morgan fingerprint density at radius 3 is 2.94 bits per heavy atom. The zero-order valence-corrected chi connectivity index (χ0v) is 11.4. The van der Waals surface area contributed by atoms with Gasteiger partial charge in [-0.2, -0.15) is 0 Å². The summed E-state index contributed by atoms with van der Waals surface area (Å²) in [5.41, 5.74) is 1.44. The van der Waals surface area contributed by atoms with Crippen molar-refractivity contribution in [1.82, 2.24) is 9.59 Å². The molecule has 6 heteroatoms. The Bertz CT molecular complexity index is 532. The third kappa shape index (κ3) is 2.70. The summed E-state index contributed by atoms with van der Waals surface area (Å²) in [6, 6.07) is 4.78. The van der Waals surface area contributed by atoms with Crippen molar-refractivity contribution in [3.05, 3.63) is 44.6 Å². The van der Waals surface area contributed by atoms with Gasteiger partial charge in [0.25, 0.3) is 0 Å². The van der Waals surface area contributed by atoms with E-state index in [1.807, 2.05) is 0 Å². The first-order chi connectivity index (χ1) is 8.09. The molecule has 1 aromatic carbocycles. The lowest BCUT2D eigenvalue weighted by Crippen LogP contribution is -2.02. The second-order valence-corrected chi connectivity index (χ2v) is 5.23. The normalized spacial score (nSPS) is 12.7. The average molecular weight is 317 g/mol.